The van der Waals surface area contributed by atoms with Gasteiger partial charge in [-0.1, -0.05) is 13.8 Å². The molecule has 0 bridgehead atoms. The van der Waals surface area contributed by atoms with E-state index in [-0.39, 0.29) is 17.4 Å². The molecule has 2 N–H and O–H groups in total. The summed E-state index contributed by atoms with van der Waals surface area (Å²) >= 11 is 0. The van der Waals surface area contributed by atoms with Crippen molar-refractivity contribution in [3.8, 4) is 0 Å². The maximum absolute atomic E-state index is 11.8. The third-order valence-corrected chi connectivity index (χ3v) is 4.03. The van der Waals surface area contributed by atoms with Gasteiger partial charge in [-0.15, -0.1) is 0 Å². The van der Waals surface area contributed by atoms with Gasteiger partial charge in [0.15, 0.2) is 0 Å². The van der Waals surface area contributed by atoms with E-state index in [4.69, 9.17) is 4.74 Å². The molecule has 2 fully saturated rings. The number of hydrogen-bond acceptors (Lipinski definition) is 3. The minimum atomic E-state index is -0.207. The van der Waals surface area contributed by atoms with Crippen molar-refractivity contribution in [2.75, 3.05) is 19.7 Å². The number of rotatable bonds is 3. The van der Waals surface area contributed by atoms with E-state index < -0.39 is 0 Å². The van der Waals surface area contributed by atoms with Gasteiger partial charge in [0.25, 0.3) is 0 Å². The third-order valence-electron chi connectivity index (χ3n) is 4.03. The highest BCUT2D eigenvalue weighted by Gasteiger charge is 2.33. The van der Waals surface area contributed by atoms with Crippen LogP contribution in [0.25, 0.3) is 0 Å². The van der Waals surface area contributed by atoms with Crippen molar-refractivity contribution in [3.63, 3.8) is 0 Å². The standard InChI is InChI=1S/C13H24N2O2/c1-13(2)6-4-7-14-11(13)9-15-12(16)10-5-3-8-17-10/h10-11,14H,3-9H2,1-2H3,(H,15,16)/t10-,11?/m1/s1. The van der Waals surface area contributed by atoms with Gasteiger partial charge in [0.2, 0.25) is 5.91 Å². The van der Waals surface area contributed by atoms with Gasteiger partial charge in [-0.3, -0.25) is 4.79 Å². The summed E-state index contributed by atoms with van der Waals surface area (Å²) in [6, 6.07) is 0.376. The average Bonchev–Trinajstić information content (AvgIpc) is 2.80. The number of piperidine rings is 1. The quantitative estimate of drug-likeness (QED) is 0.775. The van der Waals surface area contributed by atoms with Crippen LogP contribution in [-0.4, -0.2) is 37.7 Å². The van der Waals surface area contributed by atoms with Gasteiger partial charge in [0.1, 0.15) is 6.10 Å². The lowest BCUT2D eigenvalue weighted by atomic mass is 9.77. The molecular weight excluding hydrogens is 216 g/mol. The molecule has 1 amide bonds. The molecule has 0 spiro atoms. The van der Waals surface area contributed by atoms with E-state index in [2.05, 4.69) is 24.5 Å². The second-order valence-electron chi connectivity index (χ2n) is 5.85. The highest BCUT2D eigenvalue weighted by atomic mass is 16.5. The second-order valence-corrected chi connectivity index (χ2v) is 5.85. The Bertz CT molecular complexity index is 273. The molecule has 17 heavy (non-hydrogen) atoms. The van der Waals surface area contributed by atoms with E-state index >= 15 is 0 Å². The fraction of sp³-hybridized carbons (Fsp3) is 0.923. The highest BCUT2D eigenvalue weighted by Crippen LogP contribution is 2.29. The first-order valence-corrected chi connectivity index (χ1v) is 6.72. The molecule has 0 aliphatic carbocycles. The Morgan fingerprint density at radius 2 is 2.29 bits per heavy atom. The number of carbonyl (C=O) groups is 1. The lowest BCUT2D eigenvalue weighted by molar-refractivity contribution is -0.130. The van der Waals surface area contributed by atoms with Crippen LogP contribution in [-0.2, 0) is 9.53 Å². The van der Waals surface area contributed by atoms with Crippen molar-refractivity contribution in [1.82, 2.24) is 10.6 Å². The van der Waals surface area contributed by atoms with Gasteiger partial charge in [-0.05, 0) is 37.6 Å². The van der Waals surface area contributed by atoms with Crippen molar-refractivity contribution >= 4 is 5.91 Å². The fourth-order valence-electron chi connectivity index (χ4n) is 2.72. The molecule has 2 aliphatic rings. The van der Waals surface area contributed by atoms with Crippen molar-refractivity contribution in [1.29, 1.82) is 0 Å². The van der Waals surface area contributed by atoms with Crippen molar-refractivity contribution in [2.24, 2.45) is 5.41 Å². The predicted molar refractivity (Wildman–Crippen MR) is 66.8 cm³/mol. The van der Waals surface area contributed by atoms with Crippen LogP contribution in [0.15, 0.2) is 0 Å². The van der Waals surface area contributed by atoms with Crippen LogP contribution in [0.2, 0.25) is 0 Å². The largest absolute Gasteiger partial charge is 0.368 e. The average molecular weight is 240 g/mol. The van der Waals surface area contributed by atoms with Crippen molar-refractivity contribution < 1.29 is 9.53 Å². The molecule has 2 aliphatic heterocycles. The lowest BCUT2D eigenvalue weighted by Crippen LogP contribution is -2.53. The molecule has 4 heteroatoms. The van der Waals surface area contributed by atoms with E-state index in [1.807, 2.05) is 0 Å². The minimum Gasteiger partial charge on any atom is -0.368 e. The summed E-state index contributed by atoms with van der Waals surface area (Å²) in [6.07, 6.45) is 4.11. The maximum Gasteiger partial charge on any atom is 0.249 e. The summed E-state index contributed by atoms with van der Waals surface area (Å²) in [6.45, 7) is 7.03. The summed E-state index contributed by atoms with van der Waals surface area (Å²) in [5.41, 5.74) is 0.266. The van der Waals surface area contributed by atoms with Crippen LogP contribution < -0.4 is 10.6 Å². The fourth-order valence-corrected chi connectivity index (χ4v) is 2.72. The number of amides is 1. The van der Waals surface area contributed by atoms with Crippen molar-refractivity contribution in [2.45, 2.75) is 51.7 Å². The van der Waals surface area contributed by atoms with Gasteiger partial charge < -0.3 is 15.4 Å². The van der Waals surface area contributed by atoms with E-state index in [1.54, 1.807) is 0 Å². The first kappa shape index (κ1) is 12.8. The first-order valence-electron chi connectivity index (χ1n) is 6.72. The summed E-state index contributed by atoms with van der Waals surface area (Å²) in [7, 11) is 0. The monoisotopic (exact) mass is 240 g/mol. The summed E-state index contributed by atoms with van der Waals surface area (Å²) in [4.78, 5) is 11.8. The van der Waals surface area contributed by atoms with Crippen molar-refractivity contribution in [3.05, 3.63) is 0 Å². The Morgan fingerprint density at radius 3 is 2.94 bits per heavy atom. The normalized spacial score (nSPS) is 32.4. The zero-order valence-corrected chi connectivity index (χ0v) is 10.9. The van der Waals surface area contributed by atoms with Crippen LogP contribution in [0.5, 0.6) is 0 Å². The molecule has 0 saturated carbocycles. The van der Waals surface area contributed by atoms with E-state index in [9.17, 15) is 4.79 Å². The smallest absolute Gasteiger partial charge is 0.249 e. The molecule has 0 aromatic rings. The number of nitrogens with one attached hydrogen (secondary N) is 2. The Morgan fingerprint density at radius 1 is 1.47 bits per heavy atom. The Labute approximate surface area is 103 Å². The predicted octanol–water partition coefficient (Wildman–Crippen LogP) is 1.06. The topological polar surface area (TPSA) is 50.4 Å². The number of carbonyl (C=O) groups excluding carboxylic acids is 1. The number of hydrogen-bond donors (Lipinski definition) is 2. The molecule has 0 aromatic carbocycles. The van der Waals surface area contributed by atoms with E-state index in [1.165, 1.54) is 12.8 Å². The SMILES string of the molecule is CC1(C)CCCNC1CNC(=O)[C@H]1CCCO1. The summed E-state index contributed by atoms with van der Waals surface area (Å²) in [5, 5.41) is 6.52. The van der Waals surface area contributed by atoms with Crippen LogP contribution in [0.1, 0.15) is 39.5 Å². The molecular formula is C13H24N2O2. The van der Waals surface area contributed by atoms with Crippen LogP contribution >= 0.6 is 0 Å². The molecule has 4 nitrogen and oxygen atoms in total. The first-order chi connectivity index (χ1) is 8.09. The molecule has 1 unspecified atom stereocenters. The molecule has 2 atom stereocenters. The van der Waals surface area contributed by atoms with Gasteiger partial charge in [0, 0.05) is 19.2 Å². The molecule has 2 saturated heterocycles. The maximum atomic E-state index is 11.8. The van der Waals surface area contributed by atoms with Gasteiger partial charge in [-0.25, -0.2) is 0 Å². The summed E-state index contributed by atoms with van der Waals surface area (Å²) < 4.78 is 5.37. The van der Waals surface area contributed by atoms with Crippen LogP contribution in [0.4, 0.5) is 0 Å². The van der Waals surface area contributed by atoms with Gasteiger partial charge >= 0.3 is 0 Å². The minimum absolute atomic E-state index is 0.0608. The van der Waals surface area contributed by atoms with E-state index in [0.29, 0.717) is 12.6 Å². The Hall–Kier alpha value is -0.610. The molecule has 2 heterocycles. The zero-order valence-electron chi connectivity index (χ0n) is 10.9. The Balaban J connectivity index is 1.78. The molecule has 98 valence electrons. The van der Waals surface area contributed by atoms with Crippen LogP contribution in [0, 0.1) is 5.41 Å². The second kappa shape index (κ2) is 5.36. The van der Waals surface area contributed by atoms with Gasteiger partial charge in [-0.2, -0.15) is 0 Å². The number of ether oxygens (including phenoxy) is 1. The van der Waals surface area contributed by atoms with Gasteiger partial charge in [0.05, 0.1) is 0 Å². The molecule has 0 aromatic heterocycles. The zero-order chi connectivity index (χ0) is 12.3. The summed E-state index contributed by atoms with van der Waals surface area (Å²) in [5.74, 6) is 0.0608. The van der Waals surface area contributed by atoms with E-state index in [0.717, 1.165) is 26.0 Å². The Kier molecular flexibility index (Phi) is 4.05. The third kappa shape index (κ3) is 3.19. The molecule has 0 radical (unpaired) electrons. The van der Waals surface area contributed by atoms with Crippen LogP contribution in [0.3, 0.4) is 0 Å². The lowest BCUT2D eigenvalue weighted by Gasteiger charge is -2.39. The highest BCUT2D eigenvalue weighted by molar-refractivity contribution is 5.80. The molecule has 2 rings (SSSR count).